The summed E-state index contributed by atoms with van der Waals surface area (Å²) in [6.45, 7) is 0. The van der Waals surface area contributed by atoms with E-state index in [9.17, 15) is 14.7 Å². The quantitative estimate of drug-likeness (QED) is 0.775. The van der Waals surface area contributed by atoms with Gasteiger partial charge in [0.15, 0.2) is 6.04 Å². The smallest absolute Gasteiger partial charge is 0.330 e. The van der Waals surface area contributed by atoms with Crippen LogP contribution in [0, 0.1) is 0 Å². The lowest BCUT2D eigenvalue weighted by molar-refractivity contribution is -0.138. The number of amides is 1. The minimum atomic E-state index is -1.03. The molecule has 5 nitrogen and oxygen atoms in total. The van der Waals surface area contributed by atoms with Gasteiger partial charge in [0, 0.05) is 5.69 Å². The van der Waals surface area contributed by atoms with Crippen LogP contribution in [0.4, 0.5) is 5.69 Å². The van der Waals surface area contributed by atoms with Gasteiger partial charge in [0.1, 0.15) is 0 Å². The topological polar surface area (TPSA) is 92.4 Å². The van der Waals surface area contributed by atoms with Crippen molar-refractivity contribution in [1.29, 1.82) is 0 Å². The predicted octanol–water partition coefficient (Wildman–Crippen LogP) is 2.02. The van der Waals surface area contributed by atoms with E-state index in [1.165, 1.54) is 0 Å². The van der Waals surface area contributed by atoms with Crippen molar-refractivity contribution < 1.29 is 14.7 Å². The molecule has 1 atom stereocenters. The molecule has 102 valence electrons. The molecular formula is C15H14N2O3. The van der Waals surface area contributed by atoms with Crippen LogP contribution in [0.1, 0.15) is 22.0 Å². The zero-order valence-corrected chi connectivity index (χ0v) is 10.6. The zero-order valence-electron chi connectivity index (χ0n) is 10.6. The molecule has 0 fully saturated rings. The van der Waals surface area contributed by atoms with E-state index in [-0.39, 0.29) is 5.56 Å². The van der Waals surface area contributed by atoms with Crippen LogP contribution < -0.4 is 11.1 Å². The third kappa shape index (κ3) is 2.95. The van der Waals surface area contributed by atoms with Crippen LogP contribution in [0.5, 0.6) is 0 Å². The predicted molar refractivity (Wildman–Crippen MR) is 75.4 cm³/mol. The second-order valence-corrected chi connectivity index (χ2v) is 4.24. The summed E-state index contributed by atoms with van der Waals surface area (Å²) < 4.78 is 0. The molecule has 2 rings (SSSR count). The molecule has 1 amide bonds. The number of hydrogen-bond donors (Lipinski definition) is 3. The van der Waals surface area contributed by atoms with Gasteiger partial charge in [-0.25, -0.2) is 4.79 Å². The number of aliphatic carboxylic acids is 1. The van der Waals surface area contributed by atoms with Crippen LogP contribution in [0.15, 0.2) is 54.6 Å². The first kappa shape index (κ1) is 13.6. The highest BCUT2D eigenvalue weighted by Gasteiger charge is 2.21. The van der Waals surface area contributed by atoms with E-state index in [1.54, 1.807) is 54.6 Å². The lowest BCUT2D eigenvalue weighted by atomic mass is 10.1. The van der Waals surface area contributed by atoms with Crippen LogP contribution in [0.3, 0.4) is 0 Å². The number of carboxylic acid groups (broad SMARTS) is 1. The normalized spacial score (nSPS) is 11.6. The maximum absolute atomic E-state index is 11.4. The number of nitrogens with two attached hydrogens (primary N) is 1. The van der Waals surface area contributed by atoms with Crippen LogP contribution in [0.2, 0.25) is 0 Å². The monoisotopic (exact) mass is 270 g/mol. The lowest BCUT2D eigenvalue weighted by Gasteiger charge is -2.17. The number of carboxylic acids is 1. The fourth-order valence-electron chi connectivity index (χ4n) is 1.91. The highest BCUT2D eigenvalue weighted by molar-refractivity contribution is 5.99. The molecule has 2 aromatic carbocycles. The maximum atomic E-state index is 11.4. The second-order valence-electron chi connectivity index (χ2n) is 4.24. The number of primary amides is 1. The van der Waals surface area contributed by atoms with E-state index >= 15 is 0 Å². The molecule has 0 bridgehead atoms. The van der Waals surface area contributed by atoms with Crippen LogP contribution in [-0.2, 0) is 4.79 Å². The Bertz CT molecular complexity index is 626. The molecule has 0 heterocycles. The standard InChI is InChI=1S/C15H14N2O3/c16-14(18)11-8-4-5-9-12(11)17-13(15(19)20)10-6-2-1-3-7-10/h1-9,13,17H,(H2,16,18)(H,19,20). The van der Waals surface area contributed by atoms with Crippen molar-refractivity contribution >= 4 is 17.6 Å². The first-order valence-corrected chi connectivity index (χ1v) is 6.02. The van der Waals surface area contributed by atoms with Gasteiger partial charge < -0.3 is 16.2 Å². The molecule has 0 radical (unpaired) electrons. The maximum Gasteiger partial charge on any atom is 0.330 e. The van der Waals surface area contributed by atoms with Gasteiger partial charge >= 0.3 is 5.97 Å². The molecule has 0 saturated carbocycles. The molecule has 0 aliphatic rings. The summed E-state index contributed by atoms with van der Waals surface area (Å²) in [5.41, 5.74) is 6.53. The Balaban J connectivity index is 2.35. The number of rotatable bonds is 5. The van der Waals surface area contributed by atoms with E-state index in [2.05, 4.69) is 5.32 Å². The molecule has 4 N–H and O–H groups in total. The third-order valence-electron chi connectivity index (χ3n) is 2.87. The molecule has 1 unspecified atom stereocenters. The Morgan fingerprint density at radius 2 is 1.60 bits per heavy atom. The van der Waals surface area contributed by atoms with Crippen LogP contribution >= 0.6 is 0 Å². The van der Waals surface area contributed by atoms with E-state index < -0.39 is 17.9 Å². The van der Waals surface area contributed by atoms with Gasteiger partial charge in [-0.05, 0) is 17.7 Å². The second kappa shape index (κ2) is 5.88. The van der Waals surface area contributed by atoms with Crippen LogP contribution in [0.25, 0.3) is 0 Å². The highest BCUT2D eigenvalue weighted by Crippen LogP contribution is 2.22. The molecule has 0 aromatic heterocycles. The number of benzene rings is 2. The van der Waals surface area contributed by atoms with E-state index in [0.717, 1.165) is 0 Å². The molecular weight excluding hydrogens is 256 g/mol. The zero-order chi connectivity index (χ0) is 14.5. The summed E-state index contributed by atoms with van der Waals surface area (Å²) in [5, 5.41) is 12.2. The van der Waals surface area contributed by atoms with Gasteiger partial charge in [-0.2, -0.15) is 0 Å². The first-order chi connectivity index (χ1) is 9.59. The van der Waals surface area contributed by atoms with Crippen molar-refractivity contribution in [2.75, 3.05) is 5.32 Å². The van der Waals surface area contributed by atoms with Gasteiger partial charge in [-0.3, -0.25) is 4.79 Å². The summed E-state index contributed by atoms with van der Waals surface area (Å²) in [6.07, 6.45) is 0. The van der Waals surface area contributed by atoms with E-state index in [0.29, 0.717) is 11.3 Å². The number of anilines is 1. The van der Waals surface area contributed by atoms with Gasteiger partial charge in [-0.1, -0.05) is 42.5 Å². The Morgan fingerprint density at radius 1 is 1.00 bits per heavy atom. The summed E-state index contributed by atoms with van der Waals surface area (Å²) in [4.78, 5) is 22.8. The minimum Gasteiger partial charge on any atom is -0.479 e. The fourth-order valence-corrected chi connectivity index (χ4v) is 1.91. The summed E-state index contributed by atoms with van der Waals surface area (Å²) in [7, 11) is 0. The van der Waals surface area contributed by atoms with E-state index in [4.69, 9.17) is 5.73 Å². The van der Waals surface area contributed by atoms with Gasteiger partial charge in [0.25, 0.3) is 5.91 Å². The number of hydrogen-bond acceptors (Lipinski definition) is 3. The SMILES string of the molecule is NC(=O)c1ccccc1NC(C(=O)O)c1ccccc1. The first-order valence-electron chi connectivity index (χ1n) is 6.02. The molecule has 0 spiro atoms. The average molecular weight is 270 g/mol. The number of nitrogens with one attached hydrogen (secondary N) is 1. The number of para-hydroxylation sites is 1. The summed E-state index contributed by atoms with van der Waals surface area (Å²) in [6, 6.07) is 14.3. The molecule has 0 saturated heterocycles. The van der Waals surface area contributed by atoms with Crippen LogP contribution in [-0.4, -0.2) is 17.0 Å². The fraction of sp³-hybridized carbons (Fsp3) is 0.0667. The van der Waals surface area contributed by atoms with Crippen molar-refractivity contribution in [1.82, 2.24) is 0 Å². The van der Waals surface area contributed by atoms with E-state index in [1.807, 2.05) is 0 Å². The van der Waals surface area contributed by atoms with Crippen molar-refractivity contribution in [3.8, 4) is 0 Å². The Hall–Kier alpha value is -2.82. The molecule has 0 aliphatic heterocycles. The molecule has 5 heteroatoms. The summed E-state index contributed by atoms with van der Waals surface area (Å²) >= 11 is 0. The Morgan fingerprint density at radius 3 is 2.20 bits per heavy atom. The summed E-state index contributed by atoms with van der Waals surface area (Å²) in [5.74, 6) is -1.64. The largest absolute Gasteiger partial charge is 0.479 e. The Labute approximate surface area is 116 Å². The lowest BCUT2D eigenvalue weighted by Crippen LogP contribution is -2.22. The minimum absolute atomic E-state index is 0.259. The Kier molecular flexibility index (Phi) is 4.00. The van der Waals surface area contributed by atoms with Crippen molar-refractivity contribution in [2.45, 2.75) is 6.04 Å². The van der Waals surface area contributed by atoms with Gasteiger partial charge in [0.05, 0.1) is 5.56 Å². The van der Waals surface area contributed by atoms with Gasteiger partial charge in [-0.15, -0.1) is 0 Å². The average Bonchev–Trinajstić information content (AvgIpc) is 2.45. The van der Waals surface area contributed by atoms with Crippen molar-refractivity contribution in [3.63, 3.8) is 0 Å². The molecule has 20 heavy (non-hydrogen) atoms. The highest BCUT2D eigenvalue weighted by atomic mass is 16.4. The van der Waals surface area contributed by atoms with Crippen molar-refractivity contribution in [3.05, 3.63) is 65.7 Å². The van der Waals surface area contributed by atoms with Crippen molar-refractivity contribution in [2.24, 2.45) is 5.73 Å². The van der Waals surface area contributed by atoms with Gasteiger partial charge in [0.2, 0.25) is 0 Å². The molecule has 2 aromatic rings. The molecule has 0 aliphatic carbocycles. The third-order valence-corrected chi connectivity index (χ3v) is 2.87. The number of carbonyl (C=O) groups is 2. The number of carbonyl (C=O) groups excluding carboxylic acids is 1.